The first-order valence-corrected chi connectivity index (χ1v) is 9.29. The van der Waals surface area contributed by atoms with Gasteiger partial charge in [0.1, 0.15) is 10.4 Å². The summed E-state index contributed by atoms with van der Waals surface area (Å²) in [6.45, 7) is 1.06. The van der Waals surface area contributed by atoms with E-state index in [1.54, 1.807) is 7.11 Å². The molecule has 0 atom stereocenters. The second-order valence-corrected chi connectivity index (χ2v) is 6.91. The lowest BCUT2D eigenvalue weighted by Gasteiger charge is -2.01. The van der Waals surface area contributed by atoms with Crippen LogP contribution in [0.2, 0.25) is 0 Å². The number of rotatable bonds is 5. The quantitative estimate of drug-likeness (QED) is 0.338. The van der Waals surface area contributed by atoms with Crippen molar-refractivity contribution in [3.63, 3.8) is 0 Å². The lowest BCUT2D eigenvalue weighted by Crippen LogP contribution is -2.34. The van der Waals surface area contributed by atoms with E-state index >= 15 is 0 Å². The van der Waals surface area contributed by atoms with Crippen LogP contribution in [-0.2, 0) is 6.54 Å². The summed E-state index contributed by atoms with van der Waals surface area (Å²) < 4.78 is 10.2. The standard InChI is InChI=1S/C17H17INOS/c1-20-14-9-7-13(8-10-14)17-19(12-4-11-18)15-5-2-3-6-16(15)21-17/h2-3,5-10H,4,11-12H2,1H3/q+1. The number of hydrogen-bond donors (Lipinski definition) is 0. The molecule has 2 aromatic carbocycles. The molecule has 4 heteroatoms. The minimum Gasteiger partial charge on any atom is -0.497 e. The minimum absolute atomic E-state index is 0.902. The van der Waals surface area contributed by atoms with Crippen LogP contribution in [0.4, 0.5) is 0 Å². The van der Waals surface area contributed by atoms with Crippen molar-refractivity contribution in [2.45, 2.75) is 13.0 Å². The van der Waals surface area contributed by atoms with E-state index in [4.69, 9.17) is 4.74 Å². The molecule has 0 amide bonds. The first-order chi connectivity index (χ1) is 10.3. The van der Waals surface area contributed by atoms with E-state index in [2.05, 4.69) is 63.6 Å². The van der Waals surface area contributed by atoms with E-state index in [1.807, 2.05) is 23.5 Å². The zero-order valence-electron chi connectivity index (χ0n) is 11.9. The molecule has 0 aliphatic rings. The monoisotopic (exact) mass is 410 g/mol. The Hall–Kier alpha value is -1.14. The Morgan fingerprint density at radius 3 is 2.57 bits per heavy atom. The van der Waals surface area contributed by atoms with Gasteiger partial charge < -0.3 is 4.74 Å². The largest absolute Gasteiger partial charge is 0.497 e. The Labute approximate surface area is 142 Å². The van der Waals surface area contributed by atoms with E-state index in [0.717, 1.165) is 12.3 Å². The molecule has 1 heterocycles. The molecule has 0 unspecified atom stereocenters. The van der Waals surface area contributed by atoms with Crippen LogP contribution in [0, 0.1) is 0 Å². The Bertz CT molecular complexity index is 736. The van der Waals surface area contributed by atoms with Gasteiger partial charge in [-0.25, -0.2) is 0 Å². The normalized spacial score (nSPS) is 11.0. The van der Waals surface area contributed by atoms with Crippen molar-refractivity contribution in [2.75, 3.05) is 11.5 Å². The van der Waals surface area contributed by atoms with Gasteiger partial charge in [-0.15, -0.1) is 0 Å². The molecule has 0 aliphatic heterocycles. The number of halogens is 1. The number of benzene rings is 2. The Morgan fingerprint density at radius 1 is 1.10 bits per heavy atom. The number of nitrogens with zero attached hydrogens (tertiary/aromatic N) is 1. The molecule has 0 saturated carbocycles. The van der Waals surface area contributed by atoms with Gasteiger partial charge in [0.25, 0.3) is 5.01 Å². The lowest BCUT2D eigenvalue weighted by atomic mass is 10.2. The molecule has 3 rings (SSSR count). The van der Waals surface area contributed by atoms with Crippen molar-refractivity contribution in [3.05, 3.63) is 48.5 Å². The highest BCUT2D eigenvalue weighted by molar-refractivity contribution is 14.1. The number of hydrogen-bond acceptors (Lipinski definition) is 2. The first kappa shape index (κ1) is 14.8. The van der Waals surface area contributed by atoms with Gasteiger partial charge in [0, 0.05) is 16.9 Å². The third kappa shape index (κ3) is 3.06. The van der Waals surface area contributed by atoms with Crippen LogP contribution >= 0.6 is 33.9 Å². The number of thiazole rings is 1. The average Bonchev–Trinajstić information content (AvgIpc) is 2.91. The zero-order valence-corrected chi connectivity index (χ0v) is 14.9. The predicted octanol–water partition coefficient (Wildman–Crippen LogP) is 4.69. The molecule has 2 nitrogen and oxygen atoms in total. The van der Waals surface area contributed by atoms with Gasteiger partial charge in [0.15, 0.2) is 6.54 Å². The number of aromatic nitrogens is 1. The minimum atomic E-state index is 0.902. The van der Waals surface area contributed by atoms with Crippen LogP contribution in [-0.4, -0.2) is 11.5 Å². The second kappa shape index (κ2) is 6.75. The molecule has 21 heavy (non-hydrogen) atoms. The third-order valence-corrected chi connectivity index (χ3v) is 5.44. The zero-order chi connectivity index (χ0) is 14.7. The van der Waals surface area contributed by atoms with E-state index in [-0.39, 0.29) is 0 Å². The van der Waals surface area contributed by atoms with Gasteiger partial charge in [-0.05, 0) is 30.3 Å². The second-order valence-electron chi connectivity index (χ2n) is 4.80. The number of aryl methyl sites for hydroxylation is 1. The maximum atomic E-state index is 5.25. The van der Waals surface area contributed by atoms with Crippen LogP contribution in [0.1, 0.15) is 6.42 Å². The molecule has 0 fully saturated rings. The van der Waals surface area contributed by atoms with Crippen LogP contribution in [0.25, 0.3) is 20.8 Å². The number of para-hydroxylation sites is 1. The summed E-state index contributed by atoms with van der Waals surface area (Å²) in [7, 11) is 1.70. The third-order valence-electron chi connectivity index (χ3n) is 3.46. The van der Waals surface area contributed by atoms with Gasteiger partial charge in [-0.1, -0.05) is 46.1 Å². The number of fused-ring (bicyclic) bond motifs is 1. The molecule has 0 bridgehead atoms. The fraction of sp³-hybridized carbons (Fsp3) is 0.235. The summed E-state index contributed by atoms with van der Waals surface area (Å²) in [4.78, 5) is 0. The fourth-order valence-electron chi connectivity index (χ4n) is 2.42. The molecule has 0 N–H and O–H groups in total. The summed E-state index contributed by atoms with van der Waals surface area (Å²) in [6.07, 6.45) is 1.19. The van der Waals surface area contributed by atoms with Crippen LogP contribution < -0.4 is 9.30 Å². The van der Waals surface area contributed by atoms with E-state index in [0.29, 0.717) is 0 Å². The summed E-state index contributed by atoms with van der Waals surface area (Å²) in [5.41, 5.74) is 2.59. The van der Waals surface area contributed by atoms with Crippen molar-refractivity contribution in [3.8, 4) is 16.3 Å². The highest BCUT2D eigenvalue weighted by atomic mass is 127. The fourth-order valence-corrected chi connectivity index (χ4v) is 3.96. The molecule has 0 radical (unpaired) electrons. The number of alkyl halides is 1. The van der Waals surface area contributed by atoms with Crippen molar-refractivity contribution < 1.29 is 9.30 Å². The smallest absolute Gasteiger partial charge is 0.270 e. The van der Waals surface area contributed by atoms with Crippen molar-refractivity contribution in [2.24, 2.45) is 0 Å². The van der Waals surface area contributed by atoms with Crippen LogP contribution in [0.15, 0.2) is 48.5 Å². The Morgan fingerprint density at radius 2 is 1.86 bits per heavy atom. The maximum absolute atomic E-state index is 5.25. The van der Waals surface area contributed by atoms with Crippen LogP contribution in [0.5, 0.6) is 5.75 Å². The maximum Gasteiger partial charge on any atom is 0.270 e. The predicted molar refractivity (Wildman–Crippen MR) is 97.5 cm³/mol. The van der Waals surface area contributed by atoms with E-state index in [1.165, 1.54) is 31.6 Å². The molecule has 3 aromatic rings. The first-order valence-electron chi connectivity index (χ1n) is 6.95. The summed E-state index contributed by atoms with van der Waals surface area (Å²) in [5.74, 6) is 0.902. The SMILES string of the molecule is COc1ccc(-c2sc3ccccc3[n+]2CCCI)cc1. The number of methoxy groups -OCH3 is 1. The number of ether oxygens (including phenoxy) is 1. The van der Waals surface area contributed by atoms with E-state index < -0.39 is 0 Å². The van der Waals surface area contributed by atoms with Crippen LogP contribution in [0.3, 0.4) is 0 Å². The summed E-state index contributed by atoms with van der Waals surface area (Å²) in [5, 5.41) is 1.32. The molecular formula is C17H17INOS+. The average molecular weight is 410 g/mol. The van der Waals surface area contributed by atoms with Gasteiger partial charge in [-0.2, -0.15) is 4.57 Å². The molecule has 108 valence electrons. The lowest BCUT2D eigenvalue weighted by molar-refractivity contribution is -0.656. The molecule has 0 saturated heterocycles. The highest BCUT2D eigenvalue weighted by Crippen LogP contribution is 2.29. The summed E-state index contributed by atoms with van der Waals surface area (Å²) in [6, 6.07) is 17.0. The van der Waals surface area contributed by atoms with Crippen molar-refractivity contribution in [1.82, 2.24) is 0 Å². The topological polar surface area (TPSA) is 13.1 Å². The Balaban J connectivity index is 2.10. The van der Waals surface area contributed by atoms with Crippen molar-refractivity contribution in [1.29, 1.82) is 0 Å². The highest BCUT2D eigenvalue weighted by Gasteiger charge is 2.21. The van der Waals surface area contributed by atoms with E-state index in [9.17, 15) is 0 Å². The van der Waals surface area contributed by atoms with Gasteiger partial charge in [0.2, 0.25) is 5.52 Å². The molecule has 0 aliphatic carbocycles. The molecule has 1 aromatic heterocycles. The van der Waals surface area contributed by atoms with Crippen molar-refractivity contribution >= 4 is 44.1 Å². The molecule has 0 spiro atoms. The van der Waals surface area contributed by atoms with Gasteiger partial charge in [-0.3, -0.25) is 0 Å². The van der Waals surface area contributed by atoms with Gasteiger partial charge in [0.05, 0.1) is 12.7 Å². The Kier molecular flexibility index (Phi) is 4.75. The molecular weight excluding hydrogens is 393 g/mol. The summed E-state index contributed by atoms with van der Waals surface area (Å²) >= 11 is 4.31. The van der Waals surface area contributed by atoms with Gasteiger partial charge >= 0.3 is 0 Å².